The van der Waals surface area contributed by atoms with Gasteiger partial charge < -0.3 is 14.4 Å². The van der Waals surface area contributed by atoms with Crippen LogP contribution in [-0.2, 0) is 17.3 Å². The number of fused-ring (bicyclic) bond motifs is 16. The fraction of sp³-hybridized carbons (Fsp3) is 0.0316. The molecule has 0 saturated heterocycles. The van der Waals surface area contributed by atoms with Gasteiger partial charge in [0.15, 0.2) is 34.9 Å². The van der Waals surface area contributed by atoms with Crippen molar-refractivity contribution >= 4 is 17.1 Å². The molecule has 107 heavy (non-hydrogen) atoms. The van der Waals surface area contributed by atoms with E-state index in [0.717, 1.165) is 96.6 Å². The zero-order chi connectivity index (χ0) is 71.8. The number of anilines is 3. The van der Waals surface area contributed by atoms with Gasteiger partial charge in [-0.15, -0.1) is 0 Å². The average Bonchev–Trinajstić information content (AvgIpc) is 0.683. The Morgan fingerprint density at radius 2 is 0.551 bits per heavy atom. The van der Waals surface area contributed by atoms with Gasteiger partial charge in [0.2, 0.25) is 0 Å². The SMILES string of the molecule is N#Cc1cc(-c2nc(-c3ccccc3)nc(-c3ccccc3)n2)ccc1F.N#Cc1cc(-c2nc(-c3ccccc3)nc(-c3ccccc3)n2)ccc1N1c2ccccc2C2(c3ccccc3Oc3ccccc32)c2ccccc21.c1ccc2c(c1)Cc1ccccc1C21c2ccccc2Oc2ccccc21. The minimum Gasteiger partial charge on any atom is -0.457 e. The summed E-state index contributed by atoms with van der Waals surface area (Å²) >= 11 is 0. The van der Waals surface area contributed by atoms with Crippen LogP contribution in [0.4, 0.5) is 21.5 Å². The molecular weight excluding hydrogens is 1320 g/mol. The number of rotatable bonds is 7. The van der Waals surface area contributed by atoms with Crippen molar-refractivity contribution in [1.29, 1.82) is 10.5 Å². The van der Waals surface area contributed by atoms with Crippen LogP contribution in [0.2, 0.25) is 0 Å². The van der Waals surface area contributed by atoms with Gasteiger partial charge in [-0.2, -0.15) is 10.5 Å². The molecule has 2 spiro atoms. The number of aromatic nitrogens is 6. The molecule has 0 saturated carbocycles. The van der Waals surface area contributed by atoms with Gasteiger partial charge in [0, 0.05) is 55.6 Å². The lowest BCUT2D eigenvalue weighted by Crippen LogP contribution is -2.39. The summed E-state index contributed by atoms with van der Waals surface area (Å²) in [6.07, 6.45) is 0.972. The second-order valence-electron chi connectivity index (χ2n) is 26.3. The monoisotopic (exact) mass is 1380 g/mol. The first-order chi connectivity index (χ1) is 52.9. The maximum Gasteiger partial charge on any atom is 0.164 e. The van der Waals surface area contributed by atoms with E-state index in [1.54, 1.807) is 6.07 Å². The van der Waals surface area contributed by atoms with E-state index < -0.39 is 11.2 Å². The van der Waals surface area contributed by atoms with E-state index >= 15 is 0 Å². The molecule has 0 atom stereocenters. The Hall–Kier alpha value is -14.6. The van der Waals surface area contributed by atoms with Gasteiger partial charge in [-0.3, -0.25) is 0 Å². The summed E-state index contributed by atoms with van der Waals surface area (Å²) in [5.74, 6) is 6.03. The van der Waals surface area contributed by atoms with Gasteiger partial charge in [-0.1, -0.05) is 279 Å². The summed E-state index contributed by atoms with van der Waals surface area (Å²) in [5, 5.41) is 19.9. The Labute approximate surface area is 617 Å². The van der Waals surface area contributed by atoms with E-state index in [4.69, 9.17) is 29.7 Å². The third-order valence-electron chi connectivity index (χ3n) is 20.3. The highest BCUT2D eigenvalue weighted by molar-refractivity contribution is 5.93. The maximum atomic E-state index is 13.7. The van der Waals surface area contributed by atoms with Crippen molar-refractivity contribution in [3.8, 4) is 103 Å². The fourth-order valence-corrected chi connectivity index (χ4v) is 15.7. The standard InChI is InChI=1S/C47H29N5O.C26H18O.C22H13FN4/c48-30-34-29-33(46-50-44(31-15-3-1-4-16-31)49-45(51-46)32-17-5-2-6-18-32)27-28-39(34)52-40-23-11-7-19-35(40)47(36-20-8-12-24-41(36)52)37-21-9-13-25-42(37)53-43-26-14-10-22-38(43)47;1-3-11-20-18(9-1)17-19-10-2-4-12-21(19)26(20)22-13-5-7-15-24(22)27-25-16-8-6-14-23(25)26;23-19-12-11-17(13-18(19)14-24)22-26-20(15-7-3-1-4-8-15)25-21(27-22)16-9-5-2-6-10-16/h1-29H;1-16H,17H2;1-13H. The Bertz CT molecular complexity index is 5800. The number of ether oxygens (including phenoxy) is 2. The molecule has 0 unspecified atom stereocenters. The van der Waals surface area contributed by atoms with Crippen molar-refractivity contribution in [3.63, 3.8) is 0 Å². The average molecular weight is 1380 g/mol. The third kappa shape index (κ3) is 11.2. The topological polar surface area (TPSA) is 147 Å². The van der Waals surface area contributed by atoms with Crippen LogP contribution in [0.15, 0.2) is 352 Å². The molecule has 0 N–H and O–H groups in total. The van der Waals surface area contributed by atoms with E-state index in [9.17, 15) is 9.65 Å². The molecule has 4 aliphatic rings. The highest BCUT2D eigenvalue weighted by atomic mass is 19.1. The lowest BCUT2D eigenvalue weighted by molar-refractivity contribution is 0.432. The molecule has 504 valence electrons. The number of halogens is 1. The first-order valence-electron chi connectivity index (χ1n) is 35.3. The zero-order valence-electron chi connectivity index (χ0n) is 57.4. The first kappa shape index (κ1) is 64.5. The minimum absolute atomic E-state index is 0.0459. The van der Waals surface area contributed by atoms with E-state index in [-0.39, 0.29) is 11.0 Å². The normalized spacial score (nSPS) is 12.9. The number of hydrogen-bond donors (Lipinski definition) is 0. The van der Waals surface area contributed by atoms with E-state index in [1.165, 1.54) is 45.5 Å². The van der Waals surface area contributed by atoms with E-state index in [1.807, 2.05) is 170 Å². The number of benzene rings is 14. The van der Waals surface area contributed by atoms with Crippen LogP contribution in [0.1, 0.15) is 66.8 Å². The molecule has 3 aliphatic heterocycles. The molecule has 14 aromatic carbocycles. The molecule has 1 aliphatic carbocycles. The van der Waals surface area contributed by atoms with Crippen molar-refractivity contribution in [2.24, 2.45) is 0 Å². The molecule has 16 aromatic rings. The number of hydrogen-bond acceptors (Lipinski definition) is 11. The lowest BCUT2D eigenvalue weighted by atomic mass is 9.58. The van der Waals surface area contributed by atoms with Crippen molar-refractivity contribution in [2.45, 2.75) is 17.3 Å². The number of nitrogens with zero attached hydrogens (tertiary/aromatic N) is 9. The largest absolute Gasteiger partial charge is 0.457 e. The van der Waals surface area contributed by atoms with Gasteiger partial charge in [0.05, 0.1) is 39.0 Å². The Balaban J connectivity index is 0.000000126. The van der Waals surface area contributed by atoms with Crippen molar-refractivity contribution in [3.05, 3.63) is 424 Å². The molecule has 0 radical (unpaired) electrons. The van der Waals surface area contributed by atoms with Crippen molar-refractivity contribution in [1.82, 2.24) is 29.9 Å². The highest BCUT2D eigenvalue weighted by Crippen LogP contribution is 2.63. The predicted octanol–water partition coefficient (Wildman–Crippen LogP) is 22.0. The predicted molar refractivity (Wildman–Crippen MR) is 416 cm³/mol. The van der Waals surface area contributed by atoms with Crippen LogP contribution in [-0.4, -0.2) is 29.9 Å². The molecule has 5 heterocycles. The van der Waals surface area contributed by atoms with Gasteiger partial charge in [0.25, 0.3) is 0 Å². The van der Waals surface area contributed by atoms with Crippen molar-refractivity contribution in [2.75, 3.05) is 4.90 Å². The lowest BCUT2D eigenvalue weighted by Gasteiger charge is -2.48. The van der Waals surface area contributed by atoms with E-state index in [0.29, 0.717) is 46.1 Å². The van der Waals surface area contributed by atoms with Gasteiger partial charge in [0.1, 0.15) is 41.0 Å². The molecule has 11 nitrogen and oxygen atoms in total. The van der Waals surface area contributed by atoms with Crippen LogP contribution in [0, 0.1) is 28.5 Å². The molecule has 2 aromatic heterocycles. The van der Waals surface area contributed by atoms with Crippen LogP contribution in [0.5, 0.6) is 23.0 Å². The Kier molecular flexibility index (Phi) is 16.5. The van der Waals surface area contributed by atoms with Crippen LogP contribution in [0.25, 0.3) is 68.3 Å². The number of para-hydroxylation sites is 6. The van der Waals surface area contributed by atoms with Crippen LogP contribution >= 0.6 is 0 Å². The molecule has 12 heteroatoms. The summed E-state index contributed by atoms with van der Waals surface area (Å²) < 4.78 is 26.6. The van der Waals surface area contributed by atoms with Crippen molar-refractivity contribution < 1.29 is 13.9 Å². The smallest absolute Gasteiger partial charge is 0.164 e. The maximum absolute atomic E-state index is 13.7. The quantitative estimate of drug-likeness (QED) is 0.150. The van der Waals surface area contributed by atoms with Gasteiger partial charge in [-0.05, 0) is 113 Å². The van der Waals surface area contributed by atoms with Crippen LogP contribution < -0.4 is 14.4 Å². The fourth-order valence-electron chi connectivity index (χ4n) is 15.7. The first-order valence-corrected chi connectivity index (χ1v) is 35.3. The van der Waals surface area contributed by atoms with Gasteiger partial charge >= 0.3 is 0 Å². The summed E-state index contributed by atoms with van der Waals surface area (Å²) in [7, 11) is 0. The second kappa shape index (κ2) is 27.3. The molecular formula is C95H60FN9O2. The third-order valence-corrected chi connectivity index (χ3v) is 20.3. The molecule has 0 fully saturated rings. The number of nitriles is 2. The molecule has 0 bridgehead atoms. The van der Waals surface area contributed by atoms with Gasteiger partial charge in [-0.25, -0.2) is 34.3 Å². The highest BCUT2D eigenvalue weighted by Gasteiger charge is 2.52. The Morgan fingerprint density at radius 3 is 0.916 bits per heavy atom. The summed E-state index contributed by atoms with van der Waals surface area (Å²) in [6.45, 7) is 0. The summed E-state index contributed by atoms with van der Waals surface area (Å²) in [6, 6.07) is 122. The zero-order valence-corrected chi connectivity index (χ0v) is 57.4. The van der Waals surface area contributed by atoms with Crippen LogP contribution in [0.3, 0.4) is 0 Å². The minimum atomic E-state index is -0.658. The summed E-state index contributed by atoms with van der Waals surface area (Å²) in [4.78, 5) is 30.6. The van der Waals surface area contributed by atoms with E-state index in [2.05, 4.69) is 196 Å². The second-order valence-corrected chi connectivity index (χ2v) is 26.3. The molecule has 20 rings (SSSR count). The molecule has 0 amide bonds. The summed E-state index contributed by atoms with van der Waals surface area (Å²) in [5.41, 5.74) is 19.3. The Morgan fingerprint density at radius 1 is 0.271 bits per heavy atom.